The van der Waals surface area contributed by atoms with E-state index in [9.17, 15) is 4.79 Å². The fourth-order valence-electron chi connectivity index (χ4n) is 1.46. The summed E-state index contributed by atoms with van der Waals surface area (Å²) in [5.41, 5.74) is 0.798. The van der Waals surface area contributed by atoms with Crippen molar-refractivity contribution in [2.24, 2.45) is 0 Å². The second kappa shape index (κ2) is 5.54. The molecule has 0 aliphatic rings. The molecule has 94 valence electrons. The fraction of sp³-hybridized carbons (Fsp3) is 0.182. The zero-order valence-corrected chi connectivity index (χ0v) is 10.2. The SMILES string of the molecule is O=C(O)COc1nnc(CS)n1-c1ccccc1. The number of hydrogen-bond acceptors (Lipinski definition) is 5. The molecule has 0 aliphatic carbocycles. The summed E-state index contributed by atoms with van der Waals surface area (Å²) >= 11 is 4.16. The zero-order valence-electron chi connectivity index (χ0n) is 9.35. The quantitative estimate of drug-likeness (QED) is 0.793. The van der Waals surface area contributed by atoms with Crippen LogP contribution in [0.25, 0.3) is 5.69 Å². The van der Waals surface area contributed by atoms with Crippen molar-refractivity contribution < 1.29 is 14.6 Å². The molecule has 7 heteroatoms. The average Bonchev–Trinajstić information content (AvgIpc) is 2.80. The number of para-hydroxylation sites is 1. The number of nitrogens with zero attached hydrogens (tertiary/aromatic N) is 3. The van der Waals surface area contributed by atoms with Gasteiger partial charge in [0.05, 0.1) is 11.4 Å². The average molecular weight is 265 g/mol. The van der Waals surface area contributed by atoms with Crippen LogP contribution in [0.15, 0.2) is 30.3 Å². The van der Waals surface area contributed by atoms with E-state index in [-0.39, 0.29) is 6.01 Å². The molecule has 1 N–H and O–H groups in total. The van der Waals surface area contributed by atoms with E-state index in [1.807, 2.05) is 30.3 Å². The lowest BCUT2D eigenvalue weighted by Crippen LogP contribution is -2.12. The Labute approximate surface area is 109 Å². The standard InChI is InChI=1S/C11H11N3O3S/c15-10(16)6-17-11-13-12-9(7-18)14(11)8-4-2-1-3-5-8/h1-5,18H,6-7H2,(H,15,16). The highest BCUT2D eigenvalue weighted by Gasteiger charge is 2.14. The summed E-state index contributed by atoms with van der Waals surface area (Å²) < 4.78 is 6.73. The van der Waals surface area contributed by atoms with Crippen molar-refractivity contribution in [3.8, 4) is 11.7 Å². The lowest BCUT2D eigenvalue weighted by atomic mass is 10.3. The highest BCUT2D eigenvalue weighted by Crippen LogP contribution is 2.19. The minimum absolute atomic E-state index is 0.146. The van der Waals surface area contributed by atoms with Gasteiger partial charge < -0.3 is 9.84 Å². The van der Waals surface area contributed by atoms with Crippen molar-refractivity contribution in [1.29, 1.82) is 0 Å². The van der Waals surface area contributed by atoms with Crippen LogP contribution in [0.3, 0.4) is 0 Å². The van der Waals surface area contributed by atoms with E-state index in [2.05, 4.69) is 22.8 Å². The molecule has 2 rings (SSSR count). The van der Waals surface area contributed by atoms with Crippen molar-refractivity contribution in [1.82, 2.24) is 14.8 Å². The van der Waals surface area contributed by atoms with E-state index in [1.165, 1.54) is 0 Å². The molecule has 1 heterocycles. The normalized spacial score (nSPS) is 10.3. The largest absolute Gasteiger partial charge is 0.479 e. The van der Waals surface area contributed by atoms with Gasteiger partial charge in [-0.1, -0.05) is 23.3 Å². The van der Waals surface area contributed by atoms with Crippen molar-refractivity contribution >= 4 is 18.6 Å². The first kappa shape index (κ1) is 12.4. The topological polar surface area (TPSA) is 77.2 Å². The second-order valence-corrected chi connectivity index (χ2v) is 3.73. The number of rotatable bonds is 5. The van der Waals surface area contributed by atoms with E-state index < -0.39 is 12.6 Å². The Hall–Kier alpha value is -2.02. The van der Waals surface area contributed by atoms with E-state index in [0.717, 1.165) is 5.69 Å². The third-order valence-corrected chi connectivity index (χ3v) is 2.46. The zero-order chi connectivity index (χ0) is 13.0. The van der Waals surface area contributed by atoms with E-state index >= 15 is 0 Å². The number of ether oxygens (including phenoxy) is 1. The van der Waals surface area contributed by atoms with Crippen molar-refractivity contribution in [2.45, 2.75) is 5.75 Å². The van der Waals surface area contributed by atoms with Crippen LogP contribution < -0.4 is 4.74 Å². The number of aliphatic carboxylic acids is 1. The van der Waals surface area contributed by atoms with Gasteiger partial charge in [0.25, 0.3) is 0 Å². The number of carboxylic acids is 1. The number of aromatic nitrogens is 3. The first-order valence-corrected chi connectivity index (χ1v) is 5.81. The van der Waals surface area contributed by atoms with Crippen molar-refractivity contribution in [3.63, 3.8) is 0 Å². The van der Waals surface area contributed by atoms with Crippen molar-refractivity contribution in [3.05, 3.63) is 36.2 Å². The highest BCUT2D eigenvalue weighted by molar-refractivity contribution is 7.79. The van der Waals surface area contributed by atoms with Gasteiger partial charge in [-0.05, 0) is 12.1 Å². The minimum Gasteiger partial charge on any atom is -0.479 e. The van der Waals surface area contributed by atoms with Gasteiger partial charge in [0, 0.05) is 0 Å². The third-order valence-electron chi connectivity index (χ3n) is 2.18. The Morgan fingerprint density at radius 1 is 1.33 bits per heavy atom. The maximum Gasteiger partial charge on any atom is 0.341 e. The Bertz CT molecular complexity index is 542. The summed E-state index contributed by atoms with van der Waals surface area (Å²) in [5.74, 6) is -0.104. The van der Waals surface area contributed by atoms with E-state index in [4.69, 9.17) is 9.84 Å². The van der Waals surface area contributed by atoms with Gasteiger partial charge in [-0.3, -0.25) is 0 Å². The third kappa shape index (κ3) is 2.62. The summed E-state index contributed by atoms with van der Waals surface area (Å²) in [6, 6.07) is 9.45. The summed E-state index contributed by atoms with van der Waals surface area (Å²) in [6.07, 6.45) is 0. The molecule has 0 spiro atoms. The molecule has 0 radical (unpaired) electrons. The molecule has 0 atom stereocenters. The Morgan fingerprint density at radius 2 is 2.06 bits per heavy atom. The molecule has 1 aromatic carbocycles. The van der Waals surface area contributed by atoms with Crippen LogP contribution in [0.2, 0.25) is 0 Å². The van der Waals surface area contributed by atoms with E-state index in [0.29, 0.717) is 11.6 Å². The van der Waals surface area contributed by atoms with Crippen LogP contribution in [0.5, 0.6) is 6.01 Å². The van der Waals surface area contributed by atoms with Gasteiger partial charge in [-0.15, -0.1) is 5.10 Å². The number of carbonyl (C=O) groups is 1. The van der Waals surface area contributed by atoms with Crippen LogP contribution in [0.1, 0.15) is 5.82 Å². The summed E-state index contributed by atoms with van der Waals surface area (Å²) in [6.45, 7) is -0.461. The van der Waals surface area contributed by atoms with Gasteiger partial charge in [0.1, 0.15) is 5.82 Å². The molecule has 2 aromatic rings. The van der Waals surface area contributed by atoms with Crippen LogP contribution in [0, 0.1) is 0 Å². The van der Waals surface area contributed by atoms with Crippen LogP contribution in [-0.4, -0.2) is 32.4 Å². The summed E-state index contributed by atoms with van der Waals surface area (Å²) in [4.78, 5) is 10.5. The van der Waals surface area contributed by atoms with Crippen LogP contribution >= 0.6 is 12.6 Å². The van der Waals surface area contributed by atoms with Gasteiger partial charge in [0.2, 0.25) is 0 Å². The molecular weight excluding hydrogens is 254 g/mol. The van der Waals surface area contributed by atoms with Gasteiger partial charge in [-0.25, -0.2) is 9.36 Å². The first-order chi connectivity index (χ1) is 8.72. The summed E-state index contributed by atoms with van der Waals surface area (Å²) in [7, 11) is 0. The van der Waals surface area contributed by atoms with E-state index in [1.54, 1.807) is 4.57 Å². The maximum atomic E-state index is 10.5. The maximum absolute atomic E-state index is 10.5. The fourth-order valence-corrected chi connectivity index (χ4v) is 1.66. The molecule has 0 unspecified atom stereocenters. The molecule has 0 amide bonds. The number of carboxylic acid groups (broad SMARTS) is 1. The highest BCUT2D eigenvalue weighted by atomic mass is 32.1. The Kier molecular flexibility index (Phi) is 3.83. The molecule has 0 saturated heterocycles. The molecule has 18 heavy (non-hydrogen) atoms. The monoisotopic (exact) mass is 265 g/mol. The Morgan fingerprint density at radius 3 is 2.67 bits per heavy atom. The lowest BCUT2D eigenvalue weighted by Gasteiger charge is -2.08. The van der Waals surface area contributed by atoms with Gasteiger partial charge >= 0.3 is 12.0 Å². The summed E-state index contributed by atoms with van der Waals surface area (Å²) in [5, 5.41) is 16.3. The number of benzene rings is 1. The smallest absolute Gasteiger partial charge is 0.341 e. The second-order valence-electron chi connectivity index (χ2n) is 3.41. The molecule has 0 bridgehead atoms. The predicted molar refractivity (Wildman–Crippen MR) is 67.2 cm³/mol. The van der Waals surface area contributed by atoms with Crippen molar-refractivity contribution in [2.75, 3.05) is 6.61 Å². The van der Waals surface area contributed by atoms with Gasteiger partial charge in [0.15, 0.2) is 6.61 Å². The Balaban J connectivity index is 2.37. The minimum atomic E-state index is -1.06. The van der Waals surface area contributed by atoms with Gasteiger partial charge in [-0.2, -0.15) is 12.6 Å². The lowest BCUT2D eigenvalue weighted by molar-refractivity contribution is -0.139. The number of thiol groups is 1. The molecule has 6 nitrogen and oxygen atoms in total. The number of hydrogen-bond donors (Lipinski definition) is 2. The molecular formula is C11H11N3O3S. The first-order valence-electron chi connectivity index (χ1n) is 5.17. The van der Waals surface area contributed by atoms with Crippen LogP contribution in [-0.2, 0) is 10.5 Å². The predicted octanol–water partition coefficient (Wildman–Crippen LogP) is 1.16. The molecule has 0 fully saturated rings. The molecule has 0 saturated carbocycles. The molecule has 0 aliphatic heterocycles. The van der Waals surface area contributed by atoms with Crippen LogP contribution in [0.4, 0.5) is 0 Å². The molecule has 1 aromatic heterocycles.